The Morgan fingerprint density at radius 2 is 1.02 bits per heavy atom. The summed E-state index contributed by atoms with van der Waals surface area (Å²) in [6, 6.07) is 73.0. The Morgan fingerprint density at radius 1 is 0.377 bits per heavy atom. The van der Waals surface area contributed by atoms with Gasteiger partial charge in [-0.3, -0.25) is 0 Å². The number of rotatable bonds is 5. The Hall–Kier alpha value is -8.28. The second-order valence-electron chi connectivity index (χ2n) is 15.7. The molecule has 13 aromatic rings. The van der Waals surface area contributed by atoms with E-state index in [9.17, 15) is 0 Å². The number of hydrogen-bond acceptors (Lipinski definition) is 3. The molecule has 0 atom stereocenters. The molecule has 0 aliphatic rings. The quantitative estimate of drug-likeness (QED) is 0.175. The van der Waals surface area contributed by atoms with Crippen LogP contribution in [0.25, 0.3) is 122 Å². The first-order valence-electron chi connectivity index (χ1n) is 20.7. The van der Waals surface area contributed by atoms with Crippen LogP contribution >= 0.6 is 0 Å². The standard InChI is InChI=1S/C56H34N4O/c1-4-17-36(18-5-1)46-34-47(58-56(57-46)37-19-6-2-7-20-37)45-33-44-42-25-13-15-27-51(42)61-55(44)53-52-40-23-11-10-16-35(40)28-30-50(52)60(54(45)53)39-29-31-49-43(32-39)41-24-12-14-26-48(41)59(49)38-21-8-3-9-22-38/h1-34H. The molecule has 0 amide bonds. The number of fused-ring (bicyclic) bond motifs is 12. The summed E-state index contributed by atoms with van der Waals surface area (Å²) in [7, 11) is 0. The van der Waals surface area contributed by atoms with Crippen LogP contribution in [0, 0.1) is 0 Å². The number of para-hydroxylation sites is 3. The Labute approximate surface area is 350 Å². The molecule has 0 bridgehead atoms. The van der Waals surface area contributed by atoms with Crippen molar-refractivity contribution in [3.8, 4) is 45.3 Å². The lowest BCUT2D eigenvalue weighted by atomic mass is 9.98. The van der Waals surface area contributed by atoms with Crippen molar-refractivity contribution < 1.29 is 4.42 Å². The van der Waals surface area contributed by atoms with Crippen LogP contribution in [-0.4, -0.2) is 19.1 Å². The minimum Gasteiger partial charge on any atom is -0.455 e. The average molecular weight is 779 g/mol. The number of benzene rings is 9. The molecule has 0 unspecified atom stereocenters. The number of furan rings is 1. The van der Waals surface area contributed by atoms with Crippen LogP contribution in [0.1, 0.15) is 0 Å². The van der Waals surface area contributed by atoms with Crippen LogP contribution in [0.4, 0.5) is 0 Å². The molecule has 13 rings (SSSR count). The Kier molecular flexibility index (Phi) is 7.24. The topological polar surface area (TPSA) is 48.8 Å². The first-order valence-corrected chi connectivity index (χ1v) is 20.7. The lowest BCUT2D eigenvalue weighted by Gasteiger charge is -2.14. The monoisotopic (exact) mass is 778 g/mol. The van der Waals surface area contributed by atoms with E-state index in [1.54, 1.807) is 0 Å². The highest BCUT2D eigenvalue weighted by Crippen LogP contribution is 2.48. The van der Waals surface area contributed by atoms with Crippen LogP contribution < -0.4 is 0 Å². The van der Waals surface area contributed by atoms with Crippen molar-refractivity contribution in [1.29, 1.82) is 0 Å². The molecule has 0 fully saturated rings. The van der Waals surface area contributed by atoms with E-state index >= 15 is 0 Å². The van der Waals surface area contributed by atoms with Crippen molar-refractivity contribution in [3.05, 3.63) is 206 Å². The first kappa shape index (κ1) is 33.7. The summed E-state index contributed by atoms with van der Waals surface area (Å²) in [5.41, 5.74) is 13.0. The Bertz CT molecular complexity index is 3800. The third-order valence-corrected chi connectivity index (χ3v) is 12.3. The van der Waals surface area contributed by atoms with Crippen LogP contribution in [0.3, 0.4) is 0 Å². The van der Waals surface area contributed by atoms with Gasteiger partial charge in [0.1, 0.15) is 11.2 Å². The molecule has 5 nitrogen and oxygen atoms in total. The van der Waals surface area contributed by atoms with E-state index in [0.29, 0.717) is 5.82 Å². The van der Waals surface area contributed by atoms with Gasteiger partial charge in [0.25, 0.3) is 0 Å². The van der Waals surface area contributed by atoms with E-state index in [0.717, 1.165) is 88.7 Å². The molecule has 61 heavy (non-hydrogen) atoms. The van der Waals surface area contributed by atoms with E-state index in [2.05, 4.69) is 185 Å². The molecule has 4 aromatic heterocycles. The Morgan fingerprint density at radius 3 is 1.84 bits per heavy atom. The van der Waals surface area contributed by atoms with Gasteiger partial charge >= 0.3 is 0 Å². The summed E-state index contributed by atoms with van der Waals surface area (Å²) in [4.78, 5) is 10.7. The summed E-state index contributed by atoms with van der Waals surface area (Å²) < 4.78 is 11.8. The zero-order chi connectivity index (χ0) is 40.0. The molecular weight excluding hydrogens is 745 g/mol. The predicted molar refractivity (Wildman–Crippen MR) is 252 cm³/mol. The second-order valence-corrected chi connectivity index (χ2v) is 15.7. The summed E-state index contributed by atoms with van der Waals surface area (Å²) in [5.74, 6) is 0.672. The average Bonchev–Trinajstić information content (AvgIpc) is 4.00. The zero-order valence-corrected chi connectivity index (χ0v) is 32.8. The Balaban J connectivity index is 1.22. The van der Waals surface area contributed by atoms with Crippen LogP contribution in [-0.2, 0) is 0 Å². The van der Waals surface area contributed by atoms with Gasteiger partial charge in [-0.2, -0.15) is 0 Å². The molecule has 0 spiro atoms. The van der Waals surface area contributed by atoms with Crippen molar-refractivity contribution >= 4 is 76.3 Å². The highest BCUT2D eigenvalue weighted by Gasteiger charge is 2.26. The molecule has 0 saturated carbocycles. The molecule has 5 heteroatoms. The highest BCUT2D eigenvalue weighted by molar-refractivity contribution is 6.32. The smallest absolute Gasteiger partial charge is 0.160 e. The van der Waals surface area contributed by atoms with Gasteiger partial charge in [-0.25, -0.2) is 9.97 Å². The van der Waals surface area contributed by atoms with E-state index in [1.807, 2.05) is 30.3 Å². The van der Waals surface area contributed by atoms with Gasteiger partial charge in [-0.05, 0) is 71.4 Å². The van der Waals surface area contributed by atoms with Crippen molar-refractivity contribution in [2.24, 2.45) is 0 Å². The molecule has 0 aliphatic heterocycles. The lowest BCUT2D eigenvalue weighted by Crippen LogP contribution is -1.99. The molecule has 9 aromatic carbocycles. The summed E-state index contributed by atoms with van der Waals surface area (Å²) in [6.45, 7) is 0. The molecule has 284 valence electrons. The molecule has 0 radical (unpaired) electrons. The second kappa shape index (κ2) is 13.1. The van der Waals surface area contributed by atoms with Gasteiger partial charge in [0, 0.05) is 55.0 Å². The maximum Gasteiger partial charge on any atom is 0.160 e. The van der Waals surface area contributed by atoms with Crippen molar-refractivity contribution in [2.45, 2.75) is 0 Å². The molecule has 0 saturated heterocycles. The molecule has 4 heterocycles. The molecule has 0 N–H and O–H groups in total. The van der Waals surface area contributed by atoms with Crippen molar-refractivity contribution in [2.75, 3.05) is 0 Å². The van der Waals surface area contributed by atoms with Gasteiger partial charge in [0.2, 0.25) is 0 Å². The van der Waals surface area contributed by atoms with Crippen molar-refractivity contribution in [1.82, 2.24) is 19.1 Å². The number of hydrogen-bond donors (Lipinski definition) is 0. The normalized spacial score (nSPS) is 11.9. The number of aromatic nitrogens is 4. The predicted octanol–water partition coefficient (Wildman–Crippen LogP) is 14.7. The van der Waals surface area contributed by atoms with E-state index in [-0.39, 0.29) is 0 Å². The third kappa shape index (κ3) is 5.08. The summed E-state index contributed by atoms with van der Waals surface area (Å²) in [5, 5.41) is 9.04. The largest absolute Gasteiger partial charge is 0.455 e. The van der Waals surface area contributed by atoms with Gasteiger partial charge in [-0.15, -0.1) is 0 Å². The third-order valence-electron chi connectivity index (χ3n) is 12.3. The van der Waals surface area contributed by atoms with Gasteiger partial charge in [0.15, 0.2) is 5.82 Å². The van der Waals surface area contributed by atoms with E-state index in [1.165, 1.54) is 27.1 Å². The fraction of sp³-hybridized carbons (Fsp3) is 0. The summed E-state index contributed by atoms with van der Waals surface area (Å²) >= 11 is 0. The van der Waals surface area contributed by atoms with Crippen LogP contribution in [0.5, 0.6) is 0 Å². The molecular formula is C56H34N4O. The fourth-order valence-corrected chi connectivity index (χ4v) is 9.62. The van der Waals surface area contributed by atoms with Gasteiger partial charge in [-0.1, -0.05) is 146 Å². The lowest BCUT2D eigenvalue weighted by molar-refractivity contribution is 0.673. The van der Waals surface area contributed by atoms with E-state index in [4.69, 9.17) is 14.4 Å². The van der Waals surface area contributed by atoms with Crippen molar-refractivity contribution in [3.63, 3.8) is 0 Å². The SMILES string of the molecule is c1ccc(-c2cc(-c3cc4c5ccccc5oc4c4c5c6ccccc6ccc5n(-c5ccc6c(c5)c5ccccc5n6-c5ccccc5)c34)nc(-c3ccccc3)n2)cc1. The van der Waals surface area contributed by atoms with Crippen LogP contribution in [0.15, 0.2) is 211 Å². The highest BCUT2D eigenvalue weighted by atomic mass is 16.3. The fourth-order valence-electron chi connectivity index (χ4n) is 9.62. The minimum atomic E-state index is 0.672. The van der Waals surface area contributed by atoms with Crippen LogP contribution in [0.2, 0.25) is 0 Å². The van der Waals surface area contributed by atoms with Gasteiger partial charge in [0.05, 0.1) is 38.8 Å². The first-order chi connectivity index (χ1) is 30.3. The zero-order valence-electron chi connectivity index (χ0n) is 32.8. The minimum absolute atomic E-state index is 0.672. The summed E-state index contributed by atoms with van der Waals surface area (Å²) in [6.07, 6.45) is 0. The maximum atomic E-state index is 6.98. The van der Waals surface area contributed by atoms with E-state index < -0.39 is 0 Å². The maximum absolute atomic E-state index is 6.98. The number of nitrogens with zero attached hydrogens (tertiary/aromatic N) is 4. The van der Waals surface area contributed by atoms with Gasteiger partial charge < -0.3 is 13.6 Å². The molecule has 0 aliphatic carbocycles.